The number of aromatic nitrogens is 5. The summed E-state index contributed by atoms with van der Waals surface area (Å²) in [5.74, 6) is 0.136. The van der Waals surface area contributed by atoms with Crippen molar-refractivity contribution in [3.8, 4) is 0 Å². The Balaban J connectivity index is 1.37. The number of carbonyl (C=O) groups excluding carboxylic acids is 1. The maximum atomic E-state index is 13.2. The normalized spacial score (nSPS) is 18.6. The van der Waals surface area contributed by atoms with Crippen LogP contribution in [0.2, 0.25) is 0 Å². The Bertz CT molecular complexity index is 976. The predicted molar refractivity (Wildman–Crippen MR) is 104 cm³/mol. The summed E-state index contributed by atoms with van der Waals surface area (Å²) in [5, 5.41) is 7.67. The highest BCUT2D eigenvalue weighted by Gasteiger charge is 2.34. The van der Waals surface area contributed by atoms with Crippen LogP contribution in [0.25, 0.3) is 0 Å². The van der Waals surface area contributed by atoms with Gasteiger partial charge in [0.15, 0.2) is 0 Å². The first kappa shape index (κ1) is 17.2. The lowest BCUT2D eigenvalue weighted by atomic mass is 9.94. The van der Waals surface area contributed by atoms with E-state index in [1.165, 1.54) is 24.1 Å². The van der Waals surface area contributed by atoms with Gasteiger partial charge in [0.05, 0.1) is 23.4 Å². The van der Waals surface area contributed by atoms with Crippen LogP contribution >= 0.6 is 0 Å². The lowest BCUT2D eigenvalue weighted by Crippen LogP contribution is -2.41. The average Bonchev–Trinajstić information content (AvgIpc) is 3.39. The lowest BCUT2D eigenvalue weighted by Gasteiger charge is -2.34. The summed E-state index contributed by atoms with van der Waals surface area (Å²) >= 11 is 0. The highest BCUT2D eigenvalue weighted by molar-refractivity contribution is 5.77. The van der Waals surface area contributed by atoms with Crippen molar-refractivity contribution in [2.75, 3.05) is 6.54 Å². The van der Waals surface area contributed by atoms with Gasteiger partial charge >= 0.3 is 0 Å². The Hall–Kier alpha value is -2.96. The molecule has 0 saturated carbocycles. The minimum Gasteiger partial charge on any atom is -0.348 e. The fourth-order valence-corrected chi connectivity index (χ4v) is 4.51. The van der Waals surface area contributed by atoms with E-state index in [1.54, 1.807) is 12.5 Å². The maximum Gasteiger partial charge on any atom is 0.223 e. The predicted octanol–water partition coefficient (Wildman–Crippen LogP) is 2.51. The fraction of sp³-hybridized carbons (Fsp3) is 0.429. The number of hydrogen-bond donors (Lipinski definition) is 2. The highest BCUT2D eigenvalue weighted by atomic mass is 16.2. The second-order valence-electron chi connectivity index (χ2n) is 7.60. The monoisotopic (exact) mass is 376 g/mol. The zero-order valence-electron chi connectivity index (χ0n) is 15.8. The van der Waals surface area contributed by atoms with Gasteiger partial charge < -0.3 is 9.88 Å². The second-order valence-corrected chi connectivity index (χ2v) is 7.60. The summed E-state index contributed by atoms with van der Waals surface area (Å²) in [5.41, 5.74) is 6.54. The van der Waals surface area contributed by atoms with Gasteiger partial charge in [-0.05, 0) is 43.4 Å². The largest absolute Gasteiger partial charge is 0.348 e. The number of hydrogen-bond acceptors (Lipinski definition) is 4. The summed E-state index contributed by atoms with van der Waals surface area (Å²) in [6.07, 6.45) is 10.0. The van der Waals surface area contributed by atoms with Crippen LogP contribution in [0, 0.1) is 0 Å². The molecular formula is C21H24N6O. The number of imidazole rings is 1. The smallest absolute Gasteiger partial charge is 0.223 e. The molecule has 5 rings (SSSR count). The third-order valence-corrected chi connectivity index (χ3v) is 5.93. The molecule has 2 aliphatic rings. The minimum atomic E-state index is -0.225. The van der Waals surface area contributed by atoms with Crippen molar-refractivity contribution in [3.05, 3.63) is 64.8 Å². The molecule has 0 spiro atoms. The number of rotatable bonds is 4. The molecule has 2 N–H and O–H groups in total. The second kappa shape index (κ2) is 7.22. The van der Waals surface area contributed by atoms with Crippen LogP contribution in [0.3, 0.4) is 0 Å². The van der Waals surface area contributed by atoms with E-state index in [9.17, 15) is 4.79 Å². The van der Waals surface area contributed by atoms with Crippen molar-refractivity contribution in [3.63, 3.8) is 0 Å². The zero-order chi connectivity index (χ0) is 18.9. The molecule has 7 heteroatoms. The summed E-state index contributed by atoms with van der Waals surface area (Å²) in [6.45, 7) is 0.675. The van der Waals surface area contributed by atoms with Crippen LogP contribution < -0.4 is 0 Å². The van der Waals surface area contributed by atoms with Gasteiger partial charge in [-0.3, -0.25) is 14.9 Å². The molecule has 0 bridgehead atoms. The molecule has 28 heavy (non-hydrogen) atoms. The maximum absolute atomic E-state index is 13.2. The Kier molecular flexibility index (Phi) is 4.43. The molecule has 3 aromatic rings. The van der Waals surface area contributed by atoms with Gasteiger partial charge in [0.2, 0.25) is 5.91 Å². The van der Waals surface area contributed by atoms with E-state index >= 15 is 0 Å². The van der Waals surface area contributed by atoms with Crippen molar-refractivity contribution >= 4 is 5.91 Å². The molecule has 0 radical (unpaired) electrons. The summed E-state index contributed by atoms with van der Waals surface area (Å²) in [6, 6.07) is 5.60. The molecule has 3 aromatic heterocycles. The van der Waals surface area contributed by atoms with Crippen molar-refractivity contribution < 1.29 is 4.79 Å². The van der Waals surface area contributed by atoms with Gasteiger partial charge in [0.1, 0.15) is 6.04 Å². The first-order chi connectivity index (χ1) is 13.8. The van der Waals surface area contributed by atoms with Gasteiger partial charge in [-0.25, -0.2) is 4.98 Å². The Morgan fingerprint density at radius 1 is 1.14 bits per heavy atom. The molecule has 1 atom stereocenters. The number of pyridine rings is 1. The van der Waals surface area contributed by atoms with Gasteiger partial charge in [-0.1, -0.05) is 6.07 Å². The molecular weight excluding hydrogens is 352 g/mol. The zero-order valence-corrected chi connectivity index (χ0v) is 15.8. The van der Waals surface area contributed by atoms with E-state index in [2.05, 4.69) is 25.1 Å². The first-order valence-electron chi connectivity index (χ1n) is 10.1. The minimum absolute atomic E-state index is 0.136. The molecule has 0 fully saturated rings. The standard InChI is InChI=1S/C21H24N6O/c28-19(9-8-16-14-5-1-2-6-15(14)25-26-16)27-12-10-17-20(24-13-23-17)21(27)18-7-3-4-11-22-18/h3-4,7,11,13,21H,1-2,5-6,8-10,12H2,(H,23,24)(H,25,26). The molecule has 1 aliphatic carbocycles. The van der Waals surface area contributed by atoms with Crippen LogP contribution in [-0.4, -0.2) is 42.5 Å². The van der Waals surface area contributed by atoms with E-state index in [1.807, 2.05) is 23.1 Å². The van der Waals surface area contributed by atoms with Crippen LogP contribution in [0.15, 0.2) is 30.7 Å². The summed E-state index contributed by atoms with van der Waals surface area (Å²) in [7, 11) is 0. The van der Waals surface area contributed by atoms with Crippen LogP contribution in [-0.2, 0) is 30.5 Å². The van der Waals surface area contributed by atoms with Crippen molar-refractivity contribution in [1.29, 1.82) is 0 Å². The van der Waals surface area contributed by atoms with Crippen LogP contribution in [0.4, 0.5) is 0 Å². The van der Waals surface area contributed by atoms with E-state index in [0.29, 0.717) is 19.4 Å². The summed E-state index contributed by atoms with van der Waals surface area (Å²) in [4.78, 5) is 27.4. The quantitative estimate of drug-likeness (QED) is 0.732. The van der Waals surface area contributed by atoms with E-state index in [-0.39, 0.29) is 11.9 Å². The molecule has 4 heterocycles. The lowest BCUT2D eigenvalue weighted by molar-refractivity contribution is -0.133. The van der Waals surface area contributed by atoms with Crippen molar-refractivity contribution in [2.45, 2.75) is 51.0 Å². The van der Waals surface area contributed by atoms with Gasteiger partial charge in [-0.15, -0.1) is 0 Å². The topological polar surface area (TPSA) is 90.6 Å². The third-order valence-electron chi connectivity index (χ3n) is 5.93. The van der Waals surface area contributed by atoms with E-state index in [0.717, 1.165) is 42.0 Å². The van der Waals surface area contributed by atoms with E-state index in [4.69, 9.17) is 0 Å². The molecule has 1 amide bonds. The van der Waals surface area contributed by atoms with Crippen molar-refractivity contribution in [1.82, 2.24) is 30.0 Å². The molecule has 0 saturated heterocycles. The number of nitrogens with zero attached hydrogens (tertiary/aromatic N) is 4. The molecule has 1 aliphatic heterocycles. The fourth-order valence-electron chi connectivity index (χ4n) is 4.51. The number of aromatic amines is 2. The van der Waals surface area contributed by atoms with Gasteiger partial charge in [0.25, 0.3) is 0 Å². The number of nitrogens with one attached hydrogen (secondary N) is 2. The van der Waals surface area contributed by atoms with Gasteiger partial charge in [-0.2, -0.15) is 5.10 Å². The first-order valence-corrected chi connectivity index (χ1v) is 10.1. The Morgan fingerprint density at radius 3 is 2.96 bits per heavy atom. The summed E-state index contributed by atoms with van der Waals surface area (Å²) < 4.78 is 0. The molecule has 0 aromatic carbocycles. The number of carbonyl (C=O) groups is 1. The number of H-pyrrole nitrogens is 2. The number of fused-ring (bicyclic) bond motifs is 2. The van der Waals surface area contributed by atoms with Crippen LogP contribution in [0.5, 0.6) is 0 Å². The van der Waals surface area contributed by atoms with Crippen molar-refractivity contribution in [2.24, 2.45) is 0 Å². The average molecular weight is 376 g/mol. The number of aryl methyl sites for hydroxylation is 2. The van der Waals surface area contributed by atoms with Crippen LogP contribution in [0.1, 0.15) is 59.3 Å². The highest BCUT2D eigenvalue weighted by Crippen LogP contribution is 2.33. The Labute approximate surface area is 163 Å². The van der Waals surface area contributed by atoms with E-state index < -0.39 is 0 Å². The van der Waals surface area contributed by atoms with Gasteiger partial charge in [0, 0.05) is 43.4 Å². The molecule has 7 nitrogen and oxygen atoms in total. The third kappa shape index (κ3) is 3.00. The Morgan fingerprint density at radius 2 is 2.07 bits per heavy atom. The number of amides is 1. The molecule has 1 unspecified atom stereocenters. The SMILES string of the molecule is O=C(CCc1n[nH]c2c1CCCC2)N1CCc2[nH]cnc2C1c1ccccn1. The molecule has 144 valence electrons.